The molecule has 0 aliphatic heterocycles. The number of hydrogen-bond donors (Lipinski definition) is 2. The standard InChI is InChI=1S/C21H23N7O/c1-29-20-19-16(8-9-23-20)4-7-18(28-19)27-17-5-2-14(3-6-17)11-24-21-25-12-15(10-22)13-26-21/h4,7-9,12-14,17H,2-3,5-6,11H2,1H3,(H,27,28)(H,24,25,26)/t14-,17-. The minimum absolute atomic E-state index is 0.407. The highest BCUT2D eigenvalue weighted by Crippen LogP contribution is 2.28. The van der Waals surface area contributed by atoms with E-state index in [1.807, 2.05) is 24.3 Å². The van der Waals surface area contributed by atoms with Crippen LogP contribution in [0.2, 0.25) is 0 Å². The SMILES string of the molecule is COc1nccc2ccc(N[C@H]3CC[C@H](CNc4ncc(C#N)cn4)CC3)nc12. The molecule has 0 radical (unpaired) electrons. The van der Waals surface area contributed by atoms with Gasteiger partial charge in [0.1, 0.15) is 17.4 Å². The second kappa shape index (κ2) is 8.69. The van der Waals surface area contributed by atoms with Crippen LogP contribution in [0.15, 0.2) is 36.8 Å². The van der Waals surface area contributed by atoms with Crippen LogP contribution >= 0.6 is 0 Å². The summed E-state index contributed by atoms with van der Waals surface area (Å²) in [6.45, 7) is 0.843. The Balaban J connectivity index is 1.29. The molecular weight excluding hydrogens is 366 g/mol. The molecule has 0 unspecified atom stereocenters. The van der Waals surface area contributed by atoms with Gasteiger partial charge in [-0.3, -0.25) is 0 Å². The lowest BCUT2D eigenvalue weighted by Crippen LogP contribution is -2.29. The van der Waals surface area contributed by atoms with E-state index in [0.29, 0.717) is 29.4 Å². The van der Waals surface area contributed by atoms with Gasteiger partial charge in [0.05, 0.1) is 25.1 Å². The molecule has 2 N–H and O–H groups in total. The number of rotatable bonds is 6. The third-order valence-corrected chi connectivity index (χ3v) is 5.30. The minimum Gasteiger partial charge on any atom is -0.479 e. The minimum atomic E-state index is 0.407. The molecule has 3 aromatic heterocycles. The number of pyridine rings is 2. The number of nitriles is 1. The van der Waals surface area contributed by atoms with Crippen LogP contribution in [0.1, 0.15) is 31.2 Å². The van der Waals surface area contributed by atoms with Crippen molar-refractivity contribution in [2.75, 3.05) is 24.3 Å². The van der Waals surface area contributed by atoms with Gasteiger partial charge in [-0.25, -0.2) is 19.9 Å². The van der Waals surface area contributed by atoms with Gasteiger partial charge in [0.15, 0.2) is 0 Å². The Kier molecular flexibility index (Phi) is 5.66. The summed E-state index contributed by atoms with van der Waals surface area (Å²) in [5.41, 5.74) is 1.25. The number of nitrogens with zero attached hydrogens (tertiary/aromatic N) is 5. The first-order valence-corrected chi connectivity index (χ1v) is 9.77. The summed E-state index contributed by atoms with van der Waals surface area (Å²) in [5, 5.41) is 16.7. The third kappa shape index (κ3) is 4.51. The topological polar surface area (TPSA) is 109 Å². The quantitative estimate of drug-likeness (QED) is 0.660. The van der Waals surface area contributed by atoms with Gasteiger partial charge in [0, 0.05) is 24.2 Å². The monoisotopic (exact) mass is 389 g/mol. The van der Waals surface area contributed by atoms with Gasteiger partial charge in [0.2, 0.25) is 11.8 Å². The van der Waals surface area contributed by atoms with Crippen molar-refractivity contribution in [2.24, 2.45) is 5.92 Å². The number of hydrogen-bond acceptors (Lipinski definition) is 8. The van der Waals surface area contributed by atoms with Crippen molar-refractivity contribution in [3.63, 3.8) is 0 Å². The highest BCUT2D eigenvalue weighted by atomic mass is 16.5. The van der Waals surface area contributed by atoms with Crippen LogP contribution in [-0.4, -0.2) is 39.6 Å². The first-order valence-electron chi connectivity index (χ1n) is 9.77. The Morgan fingerprint density at radius 3 is 2.62 bits per heavy atom. The second-order valence-electron chi connectivity index (χ2n) is 7.24. The summed E-state index contributed by atoms with van der Waals surface area (Å²) in [5.74, 6) is 2.57. The summed E-state index contributed by atoms with van der Waals surface area (Å²) in [6.07, 6.45) is 9.23. The van der Waals surface area contributed by atoms with Gasteiger partial charge in [-0.15, -0.1) is 0 Å². The Bertz CT molecular complexity index is 1010. The van der Waals surface area contributed by atoms with Crippen LogP contribution in [0.4, 0.5) is 11.8 Å². The molecular formula is C21H23N7O. The number of aromatic nitrogens is 4. The molecule has 0 amide bonds. The number of anilines is 2. The fourth-order valence-electron chi connectivity index (χ4n) is 3.68. The zero-order chi connectivity index (χ0) is 20.1. The molecule has 4 rings (SSSR count). The maximum atomic E-state index is 8.80. The second-order valence-corrected chi connectivity index (χ2v) is 7.24. The lowest BCUT2D eigenvalue weighted by atomic mass is 9.86. The van der Waals surface area contributed by atoms with Crippen molar-refractivity contribution < 1.29 is 4.74 Å². The molecule has 1 aliphatic rings. The number of nitrogens with one attached hydrogen (secondary N) is 2. The van der Waals surface area contributed by atoms with E-state index in [2.05, 4.69) is 25.6 Å². The van der Waals surface area contributed by atoms with E-state index in [1.54, 1.807) is 13.3 Å². The molecule has 8 heteroatoms. The molecule has 0 aromatic carbocycles. The van der Waals surface area contributed by atoms with E-state index in [4.69, 9.17) is 15.0 Å². The van der Waals surface area contributed by atoms with Gasteiger partial charge in [-0.2, -0.15) is 5.26 Å². The zero-order valence-electron chi connectivity index (χ0n) is 16.3. The van der Waals surface area contributed by atoms with Crippen molar-refractivity contribution >= 4 is 22.7 Å². The van der Waals surface area contributed by atoms with Gasteiger partial charge in [-0.05, 0) is 49.8 Å². The lowest BCUT2D eigenvalue weighted by Gasteiger charge is -2.29. The van der Waals surface area contributed by atoms with E-state index in [9.17, 15) is 0 Å². The van der Waals surface area contributed by atoms with E-state index in [1.165, 1.54) is 12.4 Å². The molecule has 1 saturated carbocycles. The molecule has 3 aromatic rings. The maximum Gasteiger partial charge on any atom is 0.240 e. The van der Waals surface area contributed by atoms with Crippen molar-refractivity contribution in [2.45, 2.75) is 31.7 Å². The molecule has 0 spiro atoms. The van der Waals surface area contributed by atoms with Gasteiger partial charge in [-0.1, -0.05) is 0 Å². The normalized spacial score (nSPS) is 18.8. The van der Waals surface area contributed by atoms with Gasteiger partial charge >= 0.3 is 0 Å². The molecule has 3 heterocycles. The van der Waals surface area contributed by atoms with Crippen molar-refractivity contribution in [3.05, 3.63) is 42.4 Å². The highest BCUT2D eigenvalue weighted by molar-refractivity contribution is 5.84. The summed E-state index contributed by atoms with van der Waals surface area (Å²) >= 11 is 0. The molecule has 1 aliphatic carbocycles. The van der Waals surface area contributed by atoms with Crippen LogP contribution in [0, 0.1) is 17.2 Å². The first kappa shape index (κ1) is 18.9. The molecule has 0 atom stereocenters. The number of methoxy groups -OCH3 is 1. The fraction of sp³-hybridized carbons (Fsp3) is 0.381. The van der Waals surface area contributed by atoms with Crippen molar-refractivity contribution in [1.82, 2.24) is 19.9 Å². The van der Waals surface area contributed by atoms with Crippen LogP contribution in [0.25, 0.3) is 10.9 Å². The van der Waals surface area contributed by atoms with Crippen LogP contribution in [0.5, 0.6) is 5.88 Å². The molecule has 148 valence electrons. The van der Waals surface area contributed by atoms with Crippen LogP contribution in [0.3, 0.4) is 0 Å². The van der Waals surface area contributed by atoms with E-state index in [0.717, 1.165) is 48.9 Å². The van der Waals surface area contributed by atoms with E-state index >= 15 is 0 Å². The van der Waals surface area contributed by atoms with Gasteiger partial charge in [0.25, 0.3) is 0 Å². The Hall–Kier alpha value is -3.47. The summed E-state index contributed by atoms with van der Waals surface area (Å²) in [6, 6.07) is 8.42. The van der Waals surface area contributed by atoms with Crippen molar-refractivity contribution in [3.8, 4) is 11.9 Å². The Morgan fingerprint density at radius 2 is 1.90 bits per heavy atom. The average molecular weight is 389 g/mol. The predicted octanol–water partition coefficient (Wildman–Crippen LogP) is 3.38. The third-order valence-electron chi connectivity index (χ3n) is 5.30. The molecule has 29 heavy (non-hydrogen) atoms. The number of ether oxygens (including phenoxy) is 1. The van der Waals surface area contributed by atoms with Crippen LogP contribution in [-0.2, 0) is 0 Å². The predicted molar refractivity (Wildman–Crippen MR) is 111 cm³/mol. The fourth-order valence-corrected chi connectivity index (χ4v) is 3.68. The first-order chi connectivity index (χ1) is 14.2. The lowest BCUT2D eigenvalue weighted by molar-refractivity contribution is 0.350. The van der Waals surface area contributed by atoms with Crippen molar-refractivity contribution in [1.29, 1.82) is 5.26 Å². The van der Waals surface area contributed by atoms with Crippen LogP contribution < -0.4 is 15.4 Å². The Labute approximate surface area is 169 Å². The highest BCUT2D eigenvalue weighted by Gasteiger charge is 2.21. The largest absolute Gasteiger partial charge is 0.479 e. The smallest absolute Gasteiger partial charge is 0.240 e. The molecule has 0 saturated heterocycles. The summed E-state index contributed by atoms with van der Waals surface area (Å²) < 4.78 is 5.33. The molecule has 8 nitrogen and oxygen atoms in total. The molecule has 0 bridgehead atoms. The molecule has 1 fully saturated rings. The van der Waals surface area contributed by atoms with E-state index < -0.39 is 0 Å². The average Bonchev–Trinajstić information content (AvgIpc) is 2.78. The maximum absolute atomic E-state index is 8.80. The van der Waals surface area contributed by atoms with Gasteiger partial charge < -0.3 is 15.4 Å². The number of fused-ring (bicyclic) bond motifs is 1. The zero-order valence-corrected chi connectivity index (χ0v) is 16.3. The summed E-state index contributed by atoms with van der Waals surface area (Å²) in [7, 11) is 1.61. The summed E-state index contributed by atoms with van der Waals surface area (Å²) in [4.78, 5) is 17.3. The Morgan fingerprint density at radius 1 is 1.10 bits per heavy atom. The van der Waals surface area contributed by atoms with E-state index in [-0.39, 0.29) is 0 Å².